The van der Waals surface area contributed by atoms with Gasteiger partial charge in [-0.05, 0) is 60.2 Å². The van der Waals surface area contributed by atoms with Crippen molar-refractivity contribution >= 4 is 84.8 Å². The molecule has 5 heteroatoms. The fourth-order valence-electron chi connectivity index (χ4n) is 6.60. The van der Waals surface area contributed by atoms with Crippen LogP contribution >= 0.6 is 22.7 Å². The molecule has 9 aromatic rings. The minimum Gasteiger partial charge on any atom is -0.309 e. The van der Waals surface area contributed by atoms with Crippen LogP contribution in [0.3, 0.4) is 0 Å². The maximum atomic E-state index is 10.3. The fourth-order valence-corrected chi connectivity index (χ4v) is 9.12. The van der Waals surface area contributed by atoms with E-state index in [0.717, 1.165) is 38.6 Å². The van der Waals surface area contributed by atoms with Crippen molar-refractivity contribution in [2.75, 3.05) is 0 Å². The van der Waals surface area contributed by atoms with Crippen molar-refractivity contribution < 1.29 is 0 Å². The fraction of sp³-hybridized carbons (Fsp3) is 0. The summed E-state index contributed by atoms with van der Waals surface area (Å²) < 4.78 is 7.43. The van der Waals surface area contributed by atoms with Gasteiger partial charge in [0.15, 0.2) is 0 Å². The van der Waals surface area contributed by atoms with E-state index in [2.05, 4.69) is 89.5 Å². The van der Waals surface area contributed by atoms with Crippen LogP contribution in [0.25, 0.3) is 79.0 Å². The number of nitriles is 2. The number of fused-ring (bicyclic) bond motifs is 10. The Morgan fingerprint density at radius 1 is 0.512 bits per heavy atom. The van der Waals surface area contributed by atoms with E-state index in [1.54, 1.807) is 0 Å². The summed E-state index contributed by atoms with van der Waals surface area (Å²) in [6, 6.07) is 44.6. The Labute approximate surface area is 254 Å². The molecule has 0 saturated heterocycles. The summed E-state index contributed by atoms with van der Waals surface area (Å²) >= 11 is 3.71. The van der Waals surface area contributed by atoms with E-state index < -0.39 is 0 Å². The maximum absolute atomic E-state index is 10.3. The third-order valence-electron chi connectivity index (χ3n) is 8.48. The molecule has 198 valence electrons. The second-order valence-electron chi connectivity index (χ2n) is 10.7. The molecule has 0 aliphatic carbocycles. The first-order valence-corrected chi connectivity index (χ1v) is 15.6. The highest BCUT2D eigenvalue weighted by molar-refractivity contribution is 7.33. The van der Waals surface area contributed by atoms with E-state index in [4.69, 9.17) is 0 Å². The van der Waals surface area contributed by atoms with Gasteiger partial charge in [0.2, 0.25) is 0 Å². The summed E-state index contributed by atoms with van der Waals surface area (Å²) in [7, 11) is 0. The first-order chi connectivity index (χ1) is 21.2. The zero-order valence-electron chi connectivity index (χ0n) is 22.6. The van der Waals surface area contributed by atoms with E-state index in [1.165, 1.54) is 40.3 Å². The maximum Gasteiger partial charge on any atom is 0.0998 e. The van der Waals surface area contributed by atoms with Gasteiger partial charge in [0.1, 0.15) is 0 Å². The van der Waals surface area contributed by atoms with Crippen LogP contribution in [0.1, 0.15) is 11.1 Å². The van der Waals surface area contributed by atoms with Crippen molar-refractivity contribution in [2.24, 2.45) is 0 Å². The number of nitrogens with zero attached hydrogens (tertiary/aromatic N) is 3. The minimum absolute atomic E-state index is 0.628. The Hall–Kier alpha value is -5.46. The van der Waals surface area contributed by atoms with Gasteiger partial charge in [0.25, 0.3) is 0 Å². The smallest absolute Gasteiger partial charge is 0.0998 e. The van der Waals surface area contributed by atoms with Crippen molar-refractivity contribution in [3.8, 4) is 29.0 Å². The molecule has 0 atom stereocenters. The lowest BCUT2D eigenvalue weighted by Crippen LogP contribution is -1.99. The van der Waals surface area contributed by atoms with Crippen molar-refractivity contribution in [3.63, 3.8) is 0 Å². The average molecular weight is 582 g/mol. The molecule has 0 fully saturated rings. The Bertz CT molecular complexity index is 2710. The van der Waals surface area contributed by atoms with E-state index in [-0.39, 0.29) is 0 Å². The van der Waals surface area contributed by atoms with E-state index >= 15 is 0 Å². The Balaban J connectivity index is 1.34. The monoisotopic (exact) mass is 581 g/mol. The summed E-state index contributed by atoms with van der Waals surface area (Å²) in [6.07, 6.45) is 0. The van der Waals surface area contributed by atoms with Gasteiger partial charge >= 0.3 is 0 Å². The summed E-state index contributed by atoms with van der Waals surface area (Å²) in [5, 5.41) is 27.1. The second kappa shape index (κ2) is 9.02. The summed E-state index contributed by atoms with van der Waals surface area (Å²) in [5.41, 5.74) is 6.16. The van der Waals surface area contributed by atoms with Crippen LogP contribution in [0.15, 0.2) is 115 Å². The van der Waals surface area contributed by atoms with Crippen molar-refractivity contribution in [1.82, 2.24) is 4.57 Å². The van der Waals surface area contributed by atoms with Crippen LogP contribution in [-0.4, -0.2) is 4.57 Å². The van der Waals surface area contributed by atoms with Crippen molar-refractivity contribution in [1.29, 1.82) is 10.5 Å². The van der Waals surface area contributed by atoms with Gasteiger partial charge in [-0.2, -0.15) is 10.5 Å². The third-order valence-corrected chi connectivity index (χ3v) is 11.0. The predicted octanol–water partition coefficient (Wildman–Crippen LogP) is 10.9. The van der Waals surface area contributed by atoms with Gasteiger partial charge in [-0.25, -0.2) is 0 Å². The van der Waals surface area contributed by atoms with Gasteiger partial charge in [-0.15, -0.1) is 22.7 Å². The number of hydrogen-bond donors (Lipinski definition) is 0. The number of aromatic nitrogens is 1. The molecule has 43 heavy (non-hydrogen) atoms. The van der Waals surface area contributed by atoms with E-state index in [9.17, 15) is 10.5 Å². The van der Waals surface area contributed by atoms with E-state index in [0.29, 0.717) is 11.1 Å². The van der Waals surface area contributed by atoms with Crippen LogP contribution in [0.5, 0.6) is 0 Å². The molecule has 3 nitrogen and oxygen atoms in total. The lowest BCUT2D eigenvalue weighted by Gasteiger charge is -2.15. The molecule has 0 N–H and O–H groups in total. The van der Waals surface area contributed by atoms with Crippen LogP contribution < -0.4 is 0 Å². The Morgan fingerprint density at radius 3 is 2.05 bits per heavy atom. The lowest BCUT2D eigenvalue weighted by atomic mass is 9.96. The van der Waals surface area contributed by atoms with Gasteiger partial charge in [0.05, 0.1) is 49.4 Å². The molecular weight excluding hydrogens is 563 g/mol. The summed E-state index contributed by atoms with van der Waals surface area (Å²) in [4.78, 5) is 0. The van der Waals surface area contributed by atoms with E-state index in [1.807, 2.05) is 65.1 Å². The van der Waals surface area contributed by atoms with Gasteiger partial charge in [0, 0.05) is 47.3 Å². The molecule has 0 bridgehead atoms. The molecule has 0 aliphatic rings. The average Bonchev–Trinajstić information content (AvgIpc) is 3.73. The highest BCUT2D eigenvalue weighted by Crippen LogP contribution is 2.46. The third kappa shape index (κ3) is 3.38. The predicted molar refractivity (Wildman–Crippen MR) is 181 cm³/mol. The number of benzene rings is 6. The SMILES string of the molecule is N#Cc1ccc2c(c1)c1ccccc1n2-c1cccc(C#N)c1-c1ccc2sc3c(ccc4c5ccccc5sc43)c2c1. The molecule has 6 aromatic carbocycles. The molecule has 0 saturated carbocycles. The number of hydrogen-bond acceptors (Lipinski definition) is 4. The zero-order chi connectivity index (χ0) is 28.7. The highest BCUT2D eigenvalue weighted by Gasteiger charge is 2.20. The molecule has 9 rings (SSSR count). The van der Waals surface area contributed by atoms with Crippen molar-refractivity contribution in [2.45, 2.75) is 0 Å². The molecule has 0 aliphatic heterocycles. The first kappa shape index (κ1) is 24.2. The van der Waals surface area contributed by atoms with Crippen LogP contribution in [0, 0.1) is 22.7 Å². The molecule has 0 spiro atoms. The van der Waals surface area contributed by atoms with Crippen LogP contribution in [-0.2, 0) is 0 Å². The number of rotatable bonds is 2. The molecule has 3 aromatic heterocycles. The summed E-state index contributed by atoms with van der Waals surface area (Å²) in [5.74, 6) is 0. The zero-order valence-corrected chi connectivity index (χ0v) is 24.3. The molecule has 0 radical (unpaired) electrons. The Morgan fingerprint density at radius 2 is 1.23 bits per heavy atom. The molecule has 0 unspecified atom stereocenters. The highest BCUT2D eigenvalue weighted by atomic mass is 32.1. The molecule has 0 amide bonds. The van der Waals surface area contributed by atoms with Gasteiger partial charge in [-0.3, -0.25) is 0 Å². The number of para-hydroxylation sites is 1. The normalized spacial score (nSPS) is 11.7. The molecular formula is C38H19N3S2. The summed E-state index contributed by atoms with van der Waals surface area (Å²) in [6.45, 7) is 0. The van der Waals surface area contributed by atoms with Gasteiger partial charge < -0.3 is 4.57 Å². The van der Waals surface area contributed by atoms with Gasteiger partial charge in [-0.1, -0.05) is 60.7 Å². The first-order valence-electron chi connectivity index (χ1n) is 14.0. The van der Waals surface area contributed by atoms with Crippen LogP contribution in [0.2, 0.25) is 0 Å². The Kier molecular flexibility index (Phi) is 5.07. The largest absolute Gasteiger partial charge is 0.309 e. The second-order valence-corrected chi connectivity index (χ2v) is 12.8. The standard InChI is InChI=1S/C38H19N3S2/c39-20-22-12-16-32-29(18-22)25-7-1-3-9-31(25)41(32)33-10-5-6-24(21-40)36(33)23-13-17-35-30(19-23)28-15-14-27-26-8-2-4-11-34(26)42-37(27)38(28)43-35/h1-19H. The number of thiophene rings is 2. The van der Waals surface area contributed by atoms with Crippen molar-refractivity contribution in [3.05, 3.63) is 126 Å². The van der Waals surface area contributed by atoms with Crippen LogP contribution in [0.4, 0.5) is 0 Å². The topological polar surface area (TPSA) is 52.5 Å². The lowest BCUT2D eigenvalue weighted by molar-refractivity contribution is 1.18. The molecule has 3 heterocycles. The quantitative estimate of drug-likeness (QED) is 0.204. The minimum atomic E-state index is 0.628.